The summed E-state index contributed by atoms with van der Waals surface area (Å²) in [6, 6.07) is 8.92. The molecule has 3 N–H and O–H groups in total. The maximum atomic E-state index is 12.0. The third kappa shape index (κ3) is 4.25. The third-order valence-electron chi connectivity index (χ3n) is 3.23. The van der Waals surface area contributed by atoms with E-state index in [0.717, 1.165) is 23.0 Å². The lowest BCUT2D eigenvalue weighted by Gasteiger charge is -2.14. The molecule has 0 aliphatic heterocycles. The lowest BCUT2D eigenvalue weighted by atomic mass is 10.2. The molecule has 0 aliphatic carbocycles. The number of benzene rings is 1. The number of anilines is 2. The van der Waals surface area contributed by atoms with Crippen molar-refractivity contribution in [3.63, 3.8) is 0 Å². The van der Waals surface area contributed by atoms with E-state index in [2.05, 4.69) is 15.3 Å². The van der Waals surface area contributed by atoms with Crippen LogP contribution in [0.4, 0.5) is 10.9 Å². The minimum atomic E-state index is -0.441. The number of nitrogens with zero attached hydrogens (tertiary/aromatic N) is 3. The summed E-state index contributed by atoms with van der Waals surface area (Å²) in [5, 5.41) is 5.36. The van der Waals surface area contributed by atoms with Gasteiger partial charge in [-0.05, 0) is 19.1 Å². The second kappa shape index (κ2) is 7.49. The average Bonchev–Trinajstić information content (AvgIpc) is 3.07. The van der Waals surface area contributed by atoms with Crippen molar-refractivity contribution in [1.82, 2.24) is 14.5 Å². The zero-order chi connectivity index (χ0) is 17.8. The van der Waals surface area contributed by atoms with Crippen molar-refractivity contribution in [2.45, 2.75) is 12.1 Å². The quantitative estimate of drug-likeness (QED) is 0.525. The summed E-state index contributed by atoms with van der Waals surface area (Å²) in [7, 11) is 0. The van der Waals surface area contributed by atoms with Gasteiger partial charge in [-0.15, -0.1) is 11.3 Å². The number of aryl methyl sites for hydroxylation is 1. The summed E-state index contributed by atoms with van der Waals surface area (Å²) in [4.78, 5) is 31.8. The van der Waals surface area contributed by atoms with Gasteiger partial charge in [0.15, 0.2) is 10.3 Å². The Kier molecular flexibility index (Phi) is 5.15. The lowest BCUT2D eigenvalue weighted by molar-refractivity contribution is -0.113. The minimum Gasteiger partial charge on any atom is -0.385 e. The minimum absolute atomic E-state index is 0.0847. The molecule has 0 saturated carbocycles. The monoisotopic (exact) mass is 373 g/mol. The Labute approximate surface area is 151 Å². The second-order valence-corrected chi connectivity index (χ2v) is 6.98. The van der Waals surface area contributed by atoms with Gasteiger partial charge in [0.25, 0.3) is 5.56 Å². The van der Waals surface area contributed by atoms with E-state index in [4.69, 9.17) is 5.73 Å². The SMILES string of the molecule is Cc1ccc(-n2c(N)cc(=O)nc2SCC(=O)Nc2nccs2)cc1. The van der Waals surface area contributed by atoms with Crippen LogP contribution in [0.3, 0.4) is 0 Å². The van der Waals surface area contributed by atoms with E-state index in [-0.39, 0.29) is 17.5 Å². The fraction of sp³-hybridized carbons (Fsp3) is 0.125. The lowest BCUT2D eigenvalue weighted by Crippen LogP contribution is -2.19. The van der Waals surface area contributed by atoms with E-state index in [9.17, 15) is 9.59 Å². The molecule has 2 heterocycles. The molecule has 3 aromatic rings. The van der Waals surface area contributed by atoms with Crippen molar-refractivity contribution in [3.8, 4) is 5.69 Å². The van der Waals surface area contributed by atoms with Crippen LogP contribution >= 0.6 is 23.1 Å². The molecular formula is C16H15N5O2S2. The van der Waals surface area contributed by atoms with Crippen molar-refractivity contribution in [2.75, 3.05) is 16.8 Å². The number of hydrogen-bond donors (Lipinski definition) is 2. The number of carbonyl (C=O) groups is 1. The zero-order valence-corrected chi connectivity index (χ0v) is 14.9. The normalized spacial score (nSPS) is 10.6. The number of thioether (sulfide) groups is 1. The highest BCUT2D eigenvalue weighted by Gasteiger charge is 2.13. The van der Waals surface area contributed by atoms with Gasteiger partial charge < -0.3 is 11.1 Å². The van der Waals surface area contributed by atoms with Gasteiger partial charge in [0.1, 0.15) is 5.82 Å². The van der Waals surface area contributed by atoms with E-state index in [0.29, 0.717) is 10.3 Å². The van der Waals surface area contributed by atoms with Crippen LogP contribution < -0.4 is 16.6 Å². The Bertz CT molecular complexity index is 936. The molecular weight excluding hydrogens is 358 g/mol. The highest BCUT2D eigenvalue weighted by atomic mass is 32.2. The predicted octanol–water partition coefficient (Wildman–Crippen LogP) is 2.31. The second-order valence-electron chi connectivity index (χ2n) is 5.15. The highest BCUT2D eigenvalue weighted by Crippen LogP contribution is 2.23. The van der Waals surface area contributed by atoms with Gasteiger partial charge in [0.2, 0.25) is 5.91 Å². The molecule has 3 rings (SSSR count). The summed E-state index contributed by atoms with van der Waals surface area (Å²) < 4.78 is 1.65. The van der Waals surface area contributed by atoms with Crippen LogP contribution in [-0.4, -0.2) is 26.2 Å². The Hall–Kier alpha value is -2.65. The molecule has 1 amide bonds. The first-order valence-corrected chi connectivity index (χ1v) is 9.18. The summed E-state index contributed by atoms with van der Waals surface area (Å²) in [6.07, 6.45) is 1.61. The summed E-state index contributed by atoms with van der Waals surface area (Å²) in [5.41, 5.74) is 7.45. The topological polar surface area (TPSA) is 103 Å². The van der Waals surface area contributed by atoms with Crippen molar-refractivity contribution in [2.24, 2.45) is 0 Å². The first-order chi connectivity index (χ1) is 12.0. The summed E-state index contributed by atoms with van der Waals surface area (Å²) >= 11 is 2.48. The van der Waals surface area contributed by atoms with Crippen molar-refractivity contribution in [1.29, 1.82) is 0 Å². The van der Waals surface area contributed by atoms with Crippen LogP contribution in [0.1, 0.15) is 5.56 Å². The average molecular weight is 373 g/mol. The Balaban J connectivity index is 1.83. The third-order valence-corrected chi connectivity index (χ3v) is 4.86. The zero-order valence-electron chi connectivity index (χ0n) is 13.3. The fourth-order valence-electron chi connectivity index (χ4n) is 2.10. The van der Waals surface area contributed by atoms with Crippen LogP contribution in [0.15, 0.2) is 51.9 Å². The fourth-order valence-corrected chi connectivity index (χ4v) is 3.47. The van der Waals surface area contributed by atoms with Crippen LogP contribution in [0.5, 0.6) is 0 Å². The predicted molar refractivity (Wildman–Crippen MR) is 100 cm³/mol. The molecule has 0 spiro atoms. The molecule has 0 bridgehead atoms. The summed E-state index contributed by atoms with van der Waals surface area (Å²) in [6.45, 7) is 1.98. The molecule has 0 atom stereocenters. The van der Waals surface area contributed by atoms with Gasteiger partial charge in [0.05, 0.1) is 5.75 Å². The molecule has 25 heavy (non-hydrogen) atoms. The smallest absolute Gasteiger partial charge is 0.275 e. The van der Waals surface area contributed by atoms with Gasteiger partial charge in [-0.1, -0.05) is 29.5 Å². The van der Waals surface area contributed by atoms with Crippen molar-refractivity contribution >= 4 is 40.0 Å². The van der Waals surface area contributed by atoms with Crippen LogP contribution in [0.25, 0.3) is 5.69 Å². The largest absolute Gasteiger partial charge is 0.385 e. The molecule has 0 saturated heterocycles. The number of carbonyl (C=O) groups excluding carboxylic acids is 1. The van der Waals surface area contributed by atoms with Crippen molar-refractivity contribution < 1.29 is 4.79 Å². The molecule has 1 aromatic carbocycles. The first-order valence-electron chi connectivity index (χ1n) is 7.31. The van der Waals surface area contributed by atoms with E-state index in [1.165, 1.54) is 17.4 Å². The standard InChI is InChI=1S/C16H15N5O2S2/c1-10-2-4-11(5-3-10)21-12(17)8-13(22)20-16(21)25-9-14(23)19-15-18-6-7-24-15/h2-8H,9,17H2,1H3,(H,18,19,23). The Morgan fingerprint density at radius 1 is 1.36 bits per heavy atom. The number of hydrogen-bond acceptors (Lipinski definition) is 7. The molecule has 2 aromatic heterocycles. The molecule has 7 nitrogen and oxygen atoms in total. The number of aromatic nitrogens is 3. The van der Waals surface area contributed by atoms with Gasteiger partial charge >= 0.3 is 0 Å². The number of nitrogens with two attached hydrogens (primary N) is 1. The molecule has 0 aliphatic rings. The van der Waals surface area contributed by atoms with Crippen LogP contribution in [-0.2, 0) is 4.79 Å². The molecule has 128 valence electrons. The van der Waals surface area contributed by atoms with E-state index < -0.39 is 5.56 Å². The number of nitrogen functional groups attached to an aromatic ring is 1. The van der Waals surface area contributed by atoms with Crippen molar-refractivity contribution in [3.05, 3.63) is 57.8 Å². The van der Waals surface area contributed by atoms with Gasteiger partial charge in [-0.2, -0.15) is 4.98 Å². The van der Waals surface area contributed by atoms with Crippen LogP contribution in [0, 0.1) is 6.92 Å². The number of rotatable bonds is 5. The Morgan fingerprint density at radius 3 is 2.80 bits per heavy atom. The van der Waals surface area contributed by atoms with Crippen LogP contribution in [0.2, 0.25) is 0 Å². The molecule has 0 radical (unpaired) electrons. The van der Waals surface area contributed by atoms with E-state index in [1.807, 2.05) is 31.2 Å². The molecule has 9 heteroatoms. The van der Waals surface area contributed by atoms with Gasteiger partial charge in [0, 0.05) is 23.3 Å². The van der Waals surface area contributed by atoms with E-state index in [1.54, 1.807) is 16.1 Å². The van der Waals surface area contributed by atoms with E-state index >= 15 is 0 Å². The molecule has 0 unspecified atom stereocenters. The maximum absolute atomic E-state index is 12.0. The van der Waals surface area contributed by atoms with Gasteiger partial charge in [-0.25, -0.2) is 4.98 Å². The number of amides is 1. The molecule has 0 fully saturated rings. The summed E-state index contributed by atoms with van der Waals surface area (Å²) in [5.74, 6) is 0.125. The highest BCUT2D eigenvalue weighted by molar-refractivity contribution is 7.99. The number of nitrogens with one attached hydrogen (secondary N) is 1. The first kappa shape index (κ1) is 17.2. The van der Waals surface area contributed by atoms with Gasteiger partial charge in [-0.3, -0.25) is 14.2 Å². The maximum Gasteiger partial charge on any atom is 0.275 e. The number of thiazole rings is 1. The Morgan fingerprint density at radius 2 is 2.12 bits per heavy atom.